The molecule has 1 N–H and O–H groups in total. The molecule has 0 radical (unpaired) electrons. The average Bonchev–Trinajstić information content (AvgIpc) is 2.58. The van der Waals surface area contributed by atoms with Crippen LogP contribution < -0.4 is 10.2 Å². The summed E-state index contributed by atoms with van der Waals surface area (Å²) >= 11 is 0. The fraction of sp³-hybridized carbons (Fsp3) is 0.579. The van der Waals surface area contributed by atoms with Crippen molar-refractivity contribution in [2.45, 2.75) is 64.7 Å². The first kappa shape index (κ1) is 19.2. The minimum atomic E-state index is -0.0132. The van der Waals surface area contributed by atoms with Crippen LogP contribution in [0.25, 0.3) is 0 Å². The van der Waals surface area contributed by atoms with Crippen LogP contribution in [0.15, 0.2) is 29.4 Å². The smallest absolute Gasteiger partial charge is 0.240 e. The topological polar surface area (TPSA) is 50.7 Å². The molecule has 0 saturated heterocycles. The summed E-state index contributed by atoms with van der Waals surface area (Å²) in [5.41, 5.74) is 3.51. The van der Waals surface area contributed by atoms with Gasteiger partial charge in [0.15, 0.2) is 0 Å². The van der Waals surface area contributed by atoms with Gasteiger partial charge in [-0.15, -0.1) is 0 Å². The zero-order valence-electron chi connectivity index (χ0n) is 14.5. The lowest BCUT2D eigenvalue weighted by molar-refractivity contribution is -0.121. The number of nitrogens with zero attached hydrogens (tertiary/aromatic N) is 1. The number of hydrogen-bond donors (Lipinski definition) is 1. The van der Waals surface area contributed by atoms with E-state index in [4.69, 9.17) is 4.74 Å². The highest BCUT2D eigenvalue weighted by Crippen LogP contribution is 2.10. The van der Waals surface area contributed by atoms with Crippen molar-refractivity contribution >= 4 is 12.1 Å². The number of carbonyl (C=O) groups excluding carboxylic acids is 1. The third-order valence-electron chi connectivity index (χ3n) is 3.78. The molecule has 1 aromatic rings. The number of nitrogens with one attached hydrogen (secondary N) is 1. The van der Waals surface area contributed by atoms with Crippen molar-refractivity contribution in [2.75, 3.05) is 7.11 Å². The Morgan fingerprint density at radius 3 is 2.26 bits per heavy atom. The van der Waals surface area contributed by atoms with Gasteiger partial charge in [0.2, 0.25) is 5.91 Å². The Kier molecular flexibility index (Phi) is 10.6. The SMILES string of the molecule is CCCCCCCCCCC(=O)N/N=C/c1ccc(OC)cc1. The molecule has 0 spiro atoms. The molecular weight excluding hydrogens is 288 g/mol. The van der Waals surface area contributed by atoms with Crippen molar-refractivity contribution in [1.29, 1.82) is 0 Å². The minimum absolute atomic E-state index is 0.0132. The predicted octanol–water partition coefficient (Wildman–Crippen LogP) is 4.68. The third-order valence-corrected chi connectivity index (χ3v) is 3.78. The van der Waals surface area contributed by atoms with Gasteiger partial charge in [-0.25, -0.2) is 5.43 Å². The number of benzene rings is 1. The summed E-state index contributed by atoms with van der Waals surface area (Å²) in [7, 11) is 1.63. The monoisotopic (exact) mass is 318 g/mol. The molecule has 1 aromatic carbocycles. The maximum Gasteiger partial charge on any atom is 0.240 e. The highest BCUT2D eigenvalue weighted by atomic mass is 16.5. The summed E-state index contributed by atoms with van der Waals surface area (Å²) in [5.74, 6) is 0.793. The Labute approximate surface area is 140 Å². The third kappa shape index (κ3) is 9.72. The number of ether oxygens (including phenoxy) is 1. The molecule has 4 nitrogen and oxygen atoms in total. The molecule has 0 fully saturated rings. The summed E-state index contributed by atoms with van der Waals surface area (Å²) in [6.07, 6.45) is 12.1. The van der Waals surface area contributed by atoms with E-state index in [9.17, 15) is 4.79 Å². The quantitative estimate of drug-likeness (QED) is 0.346. The van der Waals surface area contributed by atoms with E-state index in [1.54, 1.807) is 13.3 Å². The predicted molar refractivity (Wildman–Crippen MR) is 96.0 cm³/mol. The number of rotatable bonds is 12. The normalized spacial score (nSPS) is 10.9. The standard InChI is InChI=1S/C19H30N2O2/c1-3-4-5-6-7-8-9-10-11-19(22)21-20-16-17-12-14-18(23-2)15-13-17/h12-16H,3-11H2,1-2H3,(H,21,22)/b20-16+. The van der Waals surface area contributed by atoms with Crippen LogP contribution in [0.3, 0.4) is 0 Å². The molecule has 0 aromatic heterocycles. The van der Waals surface area contributed by atoms with E-state index in [1.165, 1.54) is 38.5 Å². The molecule has 0 bridgehead atoms. The zero-order valence-corrected chi connectivity index (χ0v) is 14.5. The molecule has 1 amide bonds. The Hall–Kier alpha value is -1.84. The lowest BCUT2D eigenvalue weighted by atomic mass is 10.1. The summed E-state index contributed by atoms with van der Waals surface area (Å²) in [5, 5.41) is 3.98. The second-order valence-electron chi connectivity index (χ2n) is 5.79. The van der Waals surface area contributed by atoms with Crippen LogP contribution in [-0.4, -0.2) is 19.2 Å². The molecular formula is C19H30N2O2. The van der Waals surface area contributed by atoms with Crippen LogP contribution >= 0.6 is 0 Å². The number of unbranched alkanes of at least 4 members (excludes halogenated alkanes) is 7. The summed E-state index contributed by atoms with van der Waals surface area (Å²) in [6, 6.07) is 7.52. The van der Waals surface area contributed by atoms with Crippen molar-refractivity contribution in [1.82, 2.24) is 5.43 Å². The van der Waals surface area contributed by atoms with Gasteiger partial charge >= 0.3 is 0 Å². The number of carbonyl (C=O) groups is 1. The molecule has 1 rings (SSSR count). The Morgan fingerprint density at radius 1 is 1.04 bits per heavy atom. The van der Waals surface area contributed by atoms with Gasteiger partial charge in [0, 0.05) is 6.42 Å². The van der Waals surface area contributed by atoms with Crippen molar-refractivity contribution in [2.24, 2.45) is 5.10 Å². The Bertz CT molecular complexity index is 455. The van der Waals surface area contributed by atoms with Gasteiger partial charge in [0.05, 0.1) is 13.3 Å². The fourth-order valence-corrected chi connectivity index (χ4v) is 2.34. The second-order valence-corrected chi connectivity index (χ2v) is 5.79. The molecule has 0 aliphatic heterocycles. The summed E-state index contributed by atoms with van der Waals surface area (Å²) < 4.78 is 5.09. The number of hydrazone groups is 1. The zero-order chi connectivity index (χ0) is 16.8. The van der Waals surface area contributed by atoms with Gasteiger partial charge < -0.3 is 4.74 Å². The van der Waals surface area contributed by atoms with Crippen molar-refractivity contribution < 1.29 is 9.53 Å². The van der Waals surface area contributed by atoms with Crippen molar-refractivity contribution in [3.8, 4) is 5.75 Å². The lowest BCUT2D eigenvalue weighted by Crippen LogP contribution is -2.16. The van der Waals surface area contributed by atoms with E-state index in [0.29, 0.717) is 6.42 Å². The molecule has 128 valence electrons. The van der Waals surface area contributed by atoms with Gasteiger partial charge in [-0.1, -0.05) is 51.9 Å². The molecule has 0 unspecified atom stereocenters. The highest BCUT2D eigenvalue weighted by Gasteiger charge is 1.99. The second kappa shape index (κ2) is 12.7. The van der Waals surface area contributed by atoms with Gasteiger partial charge in [-0.2, -0.15) is 5.10 Å². The largest absolute Gasteiger partial charge is 0.497 e. The van der Waals surface area contributed by atoms with E-state index >= 15 is 0 Å². The average molecular weight is 318 g/mol. The van der Waals surface area contributed by atoms with E-state index in [2.05, 4.69) is 17.5 Å². The van der Waals surface area contributed by atoms with Crippen LogP contribution in [-0.2, 0) is 4.79 Å². The number of amides is 1. The lowest BCUT2D eigenvalue weighted by Gasteiger charge is -2.02. The van der Waals surface area contributed by atoms with E-state index in [-0.39, 0.29) is 5.91 Å². The van der Waals surface area contributed by atoms with Crippen LogP contribution in [0.1, 0.15) is 70.3 Å². The van der Waals surface area contributed by atoms with Crippen LogP contribution in [0.2, 0.25) is 0 Å². The van der Waals surface area contributed by atoms with Crippen LogP contribution in [0.5, 0.6) is 5.75 Å². The minimum Gasteiger partial charge on any atom is -0.497 e. The first-order valence-corrected chi connectivity index (χ1v) is 8.72. The maximum absolute atomic E-state index is 11.7. The first-order valence-electron chi connectivity index (χ1n) is 8.72. The Balaban J connectivity index is 2.06. The number of methoxy groups -OCH3 is 1. The molecule has 0 saturated carbocycles. The van der Waals surface area contributed by atoms with E-state index in [1.807, 2.05) is 24.3 Å². The fourth-order valence-electron chi connectivity index (χ4n) is 2.34. The van der Waals surface area contributed by atoms with Crippen molar-refractivity contribution in [3.63, 3.8) is 0 Å². The van der Waals surface area contributed by atoms with Gasteiger partial charge in [-0.05, 0) is 36.2 Å². The molecule has 0 atom stereocenters. The maximum atomic E-state index is 11.7. The van der Waals surface area contributed by atoms with Crippen LogP contribution in [0.4, 0.5) is 0 Å². The Morgan fingerprint density at radius 2 is 1.65 bits per heavy atom. The van der Waals surface area contributed by atoms with Gasteiger partial charge in [0.25, 0.3) is 0 Å². The molecule has 23 heavy (non-hydrogen) atoms. The summed E-state index contributed by atoms with van der Waals surface area (Å²) in [6.45, 7) is 2.23. The van der Waals surface area contributed by atoms with Crippen molar-refractivity contribution in [3.05, 3.63) is 29.8 Å². The van der Waals surface area contributed by atoms with Gasteiger partial charge in [0.1, 0.15) is 5.75 Å². The van der Waals surface area contributed by atoms with E-state index in [0.717, 1.165) is 24.2 Å². The molecule has 4 heteroatoms. The summed E-state index contributed by atoms with van der Waals surface area (Å²) in [4.78, 5) is 11.7. The highest BCUT2D eigenvalue weighted by molar-refractivity contribution is 5.82. The molecule has 0 aliphatic rings. The first-order chi connectivity index (χ1) is 11.3. The molecule has 0 aliphatic carbocycles. The van der Waals surface area contributed by atoms with E-state index < -0.39 is 0 Å². The number of hydrogen-bond acceptors (Lipinski definition) is 3. The van der Waals surface area contributed by atoms with Gasteiger partial charge in [-0.3, -0.25) is 4.79 Å². The molecule has 0 heterocycles. The van der Waals surface area contributed by atoms with Crippen LogP contribution in [0, 0.1) is 0 Å².